The maximum atomic E-state index is 14.8. The SMILES string of the molecule is COC(=O)CNC(=O)C1(NC(=O)[C@@H](CSC(c2ccccc2)(c2ccccc2)c2ccccc2)NC(=O)[C@@H](Cc2ccncc2)NC(=O)C[C@H](O)/C=C/CCSC(c2ccccc2)(c2ccccc2)c2ccccc2)CC1. The van der Waals surface area contributed by atoms with Crippen LogP contribution < -0.4 is 21.3 Å². The Morgan fingerprint density at radius 3 is 1.48 bits per heavy atom. The van der Waals surface area contributed by atoms with Crippen molar-refractivity contribution in [2.24, 2.45) is 0 Å². The van der Waals surface area contributed by atoms with E-state index in [2.05, 4.69) is 99.0 Å². The molecule has 0 aliphatic heterocycles. The number of aliphatic hydroxyl groups excluding tert-OH is 1. The number of nitrogens with zero attached hydrogens (tertiary/aromatic N) is 1. The Bertz CT molecular complexity index is 2850. The Balaban J connectivity index is 1.01. The van der Waals surface area contributed by atoms with E-state index < -0.39 is 62.8 Å². The van der Waals surface area contributed by atoms with Crippen molar-refractivity contribution in [2.45, 2.75) is 65.3 Å². The van der Waals surface area contributed by atoms with Crippen LogP contribution in [0.25, 0.3) is 0 Å². The van der Waals surface area contributed by atoms with E-state index in [4.69, 9.17) is 4.74 Å². The number of nitrogens with one attached hydrogen (secondary N) is 4. The number of aliphatic hydroxyl groups is 1. The fourth-order valence-corrected chi connectivity index (χ4v) is 12.5. The normalized spacial score (nSPS) is 14.1. The zero-order chi connectivity index (χ0) is 53.9. The predicted molar refractivity (Wildman–Crippen MR) is 305 cm³/mol. The van der Waals surface area contributed by atoms with Crippen LogP contribution in [-0.4, -0.2) is 88.6 Å². The average Bonchev–Trinajstić information content (AvgIpc) is 4.28. The second kappa shape index (κ2) is 26.8. The van der Waals surface area contributed by atoms with E-state index in [1.807, 2.05) is 115 Å². The van der Waals surface area contributed by atoms with Crippen LogP contribution in [0.3, 0.4) is 0 Å². The highest BCUT2D eigenvalue weighted by Gasteiger charge is 2.52. The molecule has 1 aliphatic rings. The third-order valence-corrected chi connectivity index (χ3v) is 16.8. The quantitative estimate of drug-likeness (QED) is 0.0153. The highest BCUT2D eigenvalue weighted by atomic mass is 32.2. The van der Waals surface area contributed by atoms with Crippen molar-refractivity contribution in [3.05, 3.63) is 258 Å². The number of hydrogen-bond acceptors (Lipinski definition) is 10. The number of pyridine rings is 1. The number of carbonyl (C=O) groups is 5. The molecule has 0 spiro atoms. The number of thioether (sulfide) groups is 2. The summed E-state index contributed by atoms with van der Waals surface area (Å²) in [6.07, 6.45) is 6.44. The number of hydrogen-bond donors (Lipinski definition) is 5. The summed E-state index contributed by atoms with van der Waals surface area (Å²) in [6, 6.07) is 62.0. The summed E-state index contributed by atoms with van der Waals surface area (Å²) in [7, 11) is 1.22. The van der Waals surface area contributed by atoms with Crippen molar-refractivity contribution >= 4 is 53.1 Å². The molecule has 1 saturated carbocycles. The van der Waals surface area contributed by atoms with Gasteiger partial charge >= 0.3 is 5.97 Å². The summed E-state index contributed by atoms with van der Waals surface area (Å²) < 4.78 is 3.32. The molecule has 1 aliphatic carbocycles. The van der Waals surface area contributed by atoms with E-state index in [1.54, 1.807) is 42.4 Å². The van der Waals surface area contributed by atoms with E-state index >= 15 is 0 Å². The van der Waals surface area contributed by atoms with Gasteiger partial charge in [0, 0.05) is 24.6 Å². The Kier molecular flexibility index (Phi) is 19.3. The standard InChI is InChI=1S/C63H63N5O7S2/c1-75-57(71)44-65-60(74)61(37-38-61)68-59(73)55(45-77-63(50-28-14-5-15-29-50,51-30-16-6-17-31-51)52-32-18-7-19-33-52)67-58(72)54(42-46-35-39-64-40-36-46)66-56(70)43-53(69)34-20-21-41-76-62(47-22-8-2-9-23-47,48-24-10-3-11-25-48)49-26-12-4-13-27-49/h2-20,22-36,39-40,53-55,69H,21,37-38,41-45H2,1H3,(H,65,74)(H,66,70)(H,67,72)(H,68,73)/b34-20+/t53-,54-,55-/m1/s1. The molecule has 3 atom stereocenters. The first-order valence-electron chi connectivity index (χ1n) is 25.7. The van der Waals surface area contributed by atoms with Gasteiger partial charge < -0.3 is 31.1 Å². The molecule has 6 aromatic carbocycles. The molecule has 1 fully saturated rings. The van der Waals surface area contributed by atoms with Crippen molar-refractivity contribution in [1.82, 2.24) is 26.3 Å². The topological polar surface area (TPSA) is 176 Å². The monoisotopic (exact) mass is 1070 g/mol. The van der Waals surface area contributed by atoms with Crippen LogP contribution in [0.15, 0.2) is 219 Å². The Morgan fingerprint density at radius 1 is 0.610 bits per heavy atom. The third kappa shape index (κ3) is 14.0. The molecule has 12 nitrogen and oxygen atoms in total. The Morgan fingerprint density at radius 2 is 1.05 bits per heavy atom. The molecule has 0 radical (unpaired) electrons. The number of benzene rings is 6. The van der Waals surface area contributed by atoms with E-state index in [1.165, 1.54) is 18.9 Å². The molecule has 5 N–H and O–H groups in total. The Hall–Kier alpha value is -7.78. The lowest BCUT2D eigenvalue weighted by molar-refractivity contribution is -0.141. The first-order chi connectivity index (χ1) is 37.6. The molecule has 8 rings (SSSR count). The van der Waals surface area contributed by atoms with Crippen LogP contribution in [0, 0.1) is 0 Å². The third-order valence-electron chi connectivity index (χ3n) is 13.5. The van der Waals surface area contributed by atoms with E-state index in [-0.39, 0.29) is 25.1 Å². The van der Waals surface area contributed by atoms with Crippen LogP contribution in [-0.2, 0) is 44.6 Å². The lowest BCUT2D eigenvalue weighted by Crippen LogP contribution is -2.59. The van der Waals surface area contributed by atoms with Crippen LogP contribution in [0.1, 0.15) is 64.6 Å². The smallest absolute Gasteiger partial charge is 0.325 e. The molecule has 77 heavy (non-hydrogen) atoms. The first-order valence-corrected chi connectivity index (χ1v) is 27.6. The number of carbonyl (C=O) groups excluding carboxylic acids is 5. The van der Waals surface area contributed by atoms with Gasteiger partial charge in [0.1, 0.15) is 24.2 Å². The predicted octanol–water partition coefficient (Wildman–Crippen LogP) is 8.68. The lowest BCUT2D eigenvalue weighted by atomic mass is 9.84. The zero-order valence-corrected chi connectivity index (χ0v) is 44.5. The van der Waals surface area contributed by atoms with Crippen molar-refractivity contribution in [3.8, 4) is 0 Å². The molecule has 394 valence electrons. The summed E-state index contributed by atoms with van der Waals surface area (Å²) in [5.74, 6) is -2.34. The summed E-state index contributed by atoms with van der Waals surface area (Å²) in [5, 5.41) is 22.6. The number of esters is 1. The lowest BCUT2D eigenvalue weighted by Gasteiger charge is -2.37. The highest BCUT2D eigenvalue weighted by Crippen LogP contribution is 2.50. The number of methoxy groups -OCH3 is 1. The number of rotatable bonds is 26. The van der Waals surface area contributed by atoms with Gasteiger partial charge in [0.25, 0.3) is 0 Å². The van der Waals surface area contributed by atoms with Crippen molar-refractivity contribution in [1.29, 1.82) is 0 Å². The first kappa shape index (κ1) is 55.5. The minimum Gasteiger partial charge on any atom is -0.468 e. The molecule has 0 unspecified atom stereocenters. The number of amides is 4. The largest absolute Gasteiger partial charge is 0.468 e. The fourth-order valence-electron chi connectivity index (χ4n) is 9.46. The minimum absolute atomic E-state index is 0.0109. The highest BCUT2D eigenvalue weighted by molar-refractivity contribution is 8.00. The van der Waals surface area contributed by atoms with Gasteiger partial charge in [-0.05, 0) is 76.1 Å². The van der Waals surface area contributed by atoms with Gasteiger partial charge in [0.2, 0.25) is 23.6 Å². The van der Waals surface area contributed by atoms with Gasteiger partial charge in [0.15, 0.2) is 0 Å². The molecule has 1 heterocycles. The van der Waals surface area contributed by atoms with Crippen LogP contribution >= 0.6 is 23.5 Å². The summed E-state index contributed by atoms with van der Waals surface area (Å²) >= 11 is 3.25. The zero-order valence-electron chi connectivity index (χ0n) is 42.8. The van der Waals surface area contributed by atoms with Crippen molar-refractivity contribution in [3.63, 3.8) is 0 Å². The maximum Gasteiger partial charge on any atom is 0.325 e. The summed E-state index contributed by atoms with van der Waals surface area (Å²) in [5.41, 5.74) is 5.62. The van der Waals surface area contributed by atoms with Gasteiger partial charge in [0.05, 0.1) is 29.1 Å². The van der Waals surface area contributed by atoms with Gasteiger partial charge in [-0.25, -0.2) is 0 Å². The van der Waals surface area contributed by atoms with E-state index in [9.17, 15) is 29.1 Å². The molecule has 14 heteroatoms. The molecule has 0 bridgehead atoms. The second-order valence-corrected chi connectivity index (χ2v) is 21.3. The number of ether oxygens (including phenoxy) is 1. The van der Waals surface area contributed by atoms with Gasteiger partial charge in [-0.3, -0.25) is 29.0 Å². The van der Waals surface area contributed by atoms with Crippen molar-refractivity contribution < 1.29 is 33.8 Å². The average molecular weight is 1070 g/mol. The van der Waals surface area contributed by atoms with Gasteiger partial charge in [-0.1, -0.05) is 194 Å². The minimum atomic E-state index is -1.31. The maximum absolute atomic E-state index is 14.8. The second-order valence-electron chi connectivity index (χ2n) is 18.8. The number of aromatic nitrogens is 1. The molecular weight excluding hydrogens is 1000 g/mol. The van der Waals surface area contributed by atoms with E-state index in [0.717, 1.165) is 33.4 Å². The van der Waals surface area contributed by atoms with Crippen LogP contribution in [0.4, 0.5) is 0 Å². The van der Waals surface area contributed by atoms with Gasteiger partial charge in [-0.2, -0.15) is 0 Å². The molecular formula is C63H63N5O7S2. The van der Waals surface area contributed by atoms with Crippen molar-refractivity contribution in [2.75, 3.05) is 25.2 Å². The summed E-state index contributed by atoms with van der Waals surface area (Å²) in [6.45, 7) is -0.379. The molecule has 7 aromatic rings. The van der Waals surface area contributed by atoms with Gasteiger partial charge in [-0.15, -0.1) is 23.5 Å². The molecule has 4 amide bonds. The fraction of sp³-hybridized carbons (Fsp3) is 0.238. The van der Waals surface area contributed by atoms with Crippen LogP contribution in [0.5, 0.6) is 0 Å². The van der Waals surface area contributed by atoms with E-state index in [0.29, 0.717) is 30.6 Å². The summed E-state index contributed by atoms with van der Waals surface area (Å²) in [4.78, 5) is 73.2. The van der Waals surface area contributed by atoms with Crippen LogP contribution in [0.2, 0.25) is 0 Å². The molecule has 0 saturated heterocycles. The number of allylic oxidation sites excluding steroid dienone is 1. The molecule has 1 aromatic heterocycles. The Labute approximate surface area is 458 Å².